The van der Waals surface area contributed by atoms with Crippen molar-refractivity contribution >= 4 is 17.9 Å². The zero-order valence-electron chi connectivity index (χ0n) is 16.2. The van der Waals surface area contributed by atoms with Crippen LogP contribution in [0.4, 0.5) is 4.79 Å². The van der Waals surface area contributed by atoms with Gasteiger partial charge >= 0.3 is 6.09 Å². The number of terminal acetylenes is 1. The second kappa shape index (κ2) is 14.2. The van der Waals surface area contributed by atoms with E-state index in [0.29, 0.717) is 19.4 Å². The van der Waals surface area contributed by atoms with Crippen LogP contribution >= 0.6 is 0 Å². The van der Waals surface area contributed by atoms with Crippen LogP contribution in [0.2, 0.25) is 0 Å². The number of ether oxygens (including phenoxy) is 1. The number of rotatable bonds is 9. The van der Waals surface area contributed by atoms with Crippen molar-refractivity contribution in [1.29, 1.82) is 0 Å². The minimum Gasteiger partial charge on any atom is -0.445 e. The molecular weight excluding hydrogens is 346 g/mol. The number of benzene rings is 1. The number of alkyl carbamates (subject to hydrolysis) is 1. The van der Waals surface area contributed by atoms with Gasteiger partial charge < -0.3 is 20.3 Å². The summed E-state index contributed by atoms with van der Waals surface area (Å²) in [7, 11) is 3.28. The molecule has 0 saturated carbocycles. The lowest BCUT2D eigenvalue weighted by Gasteiger charge is -2.21. The van der Waals surface area contributed by atoms with Gasteiger partial charge in [0.25, 0.3) is 0 Å². The summed E-state index contributed by atoms with van der Waals surface area (Å²) in [5.41, 5.74) is 0.878. The number of nitrogens with zero attached hydrogens (tertiary/aromatic N) is 1. The Bertz CT molecular complexity index is 600. The van der Waals surface area contributed by atoms with E-state index in [4.69, 9.17) is 4.74 Å². The topological polar surface area (TPSA) is 87.7 Å². The van der Waals surface area contributed by atoms with Crippen molar-refractivity contribution in [2.75, 3.05) is 20.6 Å². The fourth-order valence-corrected chi connectivity index (χ4v) is 2.21. The monoisotopic (exact) mass is 375 g/mol. The molecule has 0 spiro atoms. The van der Waals surface area contributed by atoms with Crippen LogP contribution in [0.3, 0.4) is 0 Å². The molecule has 148 valence electrons. The molecule has 0 aromatic heterocycles. The van der Waals surface area contributed by atoms with Crippen molar-refractivity contribution in [2.45, 2.75) is 38.8 Å². The molecule has 0 heterocycles. The molecule has 0 fully saturated rings. The molecule has 0 aliphatic rings. The Balaban J connectivity index is 0.00000326. The molecule has 0 aliphatic carbocycles. The third-order valence-electron chi connectivity index (χ3n) is 3.54. The smallest absolute Gasteiger partial charge is 0.408 e. The summed E-state index contributed by atoms with van der Waals surface area (Å²) >= 11 is 0. The number of likely N-dealkylation sites (N-methyl/N-ethyl adjacent to an activating group) is 1. The van der Waals surface area contributed by atoms with Gasteiger partial charge in [0.15, 0.2) is 0 Å². The quantitative estimate of drug-likeness (QED) is 0.510. The SMILES string of the molecule is C#C.CC(=O)NCCCC[C@H](NC(=O)OCc1ccccc1)C(=O)N(C)C. The van der Waals surface area contributed by atoms with E-state index in [2.05, 4.69) is 23.5 Å². The first-order chi connectivity index (χ1) is 12.9. The number of unbranched alkanes of at least 4 members (excludes halogenated alkanes) is 1. The highest BCUT2D eigenvalue weighted by atomic mass is 16.5. The highest BCUT2D eigenvalue weighted by Crippen LogP contribution is 2.05. The van der Waals surface area contributed by atoms with E-state index in [1.807, 2.05) is 30.3 Å². The first-order valence-corrected chi connectivity index (χ1v) is 8.66. The Morgan fingerprint density at radius 2 is 1.74 bits per heavy atom. The maximum Gasteiger partial charge on any atom is 0.408 e. The van der Waals surface area contributed by atoms with Crippen LogP contribution in [0.25, 0.3) is 0 Å². The predicted molar refractivity (Wildman–Crippen MR) is 105 cm³/mol. The molecule has 1 aromatic rings. The molecule has 0 saturated heterocycles. The summed E-state index contributed by atoms with van der Waals surface area (Å²) in [5, 5.41) is 5.33. The van der Waals surface area contributed by atoms with Crippen LogP contribution < -0.4 is 10.6 Å². The summed E-state index contributed by atoms with van der Waals surface area (Å²) in [6.07, 6.45) is 9.30. The summed E-state index contributed by atoms with van der Waals surface area (Å²) in [4.78, 5) is 36.4. The van der Waals surface area contributed by atoms with Gasteiger partial charge in [0.05, 0.1) is 0 Å². The van der Waals surface area contributed by atoms with Crippen LogP contribution in [-0.4, -0.2) is 49.5 Å². The second-order valence-corrected chi connectivity index (χ2v) is 5.97. The molecule has 0 unspecified atom stereocenters. The lowest BCUT2D eigenvalue weighted by atomic mass is 10.1. The van der Waals surface area contributed by atoms with Crippen LogP contribution in [0.15, 0.2) is 30.3 Å². The Kier molecular flexibility index (Phi) is 12.6. The third kappa shape index (κ3) is 11.3. The van der Waals surface area contributed by atoms with Gasteiger partial charge in [0.1, 0.15) is 12.6 Å². The largest absolute Gasteiger partial charge is 0.445 e. The van der Waals surface area contributed by atoms with Gasteiger partial charge in [-0.15, -0.1) is 12.8 Å². The van der Waals surface area contributed by atoms with Crippen LogP contribution in [0.1, 0.15) is 31.7 Å². The van der Waals surface area contributed by atoms with Gasteiger partial charge in [-0.2, -0.15) is 0 Å². The minimum absolute atomic E-state index is 0.0801. The molecule has 3 amide bonds. The molecule has 0 radical (unpaired) electrons. The average Bonchev–Trinajstić information content (AvgIpc) is 2.66. The highest BCUT2D eigenvalue weighted by molar-refractivity contribution is 5.85. The Morgan fingerprint density at radius 3 is 2.30 bits per heavy atom. The molecular formula is C20H29N3O4. The number of hydrogen-bond acceptors (Lipinski definition) is 4. The zero-order chi connectivity index (χ0) is 20.7. The van der Waals surface area contributed by atoms with Gasteiger partial charge in [-0.1, -0.05) is 30.3 Å². The van der Waals surface area contributed by atoms with Crippen molar-refractivity contribution < 1.29 is 19.1 Å². The van der Waals surface area contributed by atoms with E-state index < -0.39 is 12.1 Å². The van der Waals surface area contributed by atoms with Crippen molar-refractivity contribution in [1.82, 2.24) is 15.5 Å². The van der Waals surface area contributed by atoms with Gasteiger partial charge in [0.2, 0.25) is 11.8 Å². The summed E-state index contributed by atoms with van der Waals surface area (Å²) < 4.78 is 5.17. The molecule has 0 aliphatic heterocycles. The summed E-state index contributed by atoms with van der Waals surface area (Å²) in [6.45, 7) is 2.16. The number of amides is 3. The predicted octanol–water partition coefficient (Wildman–Crippen LogP) is 1.93. The number of carbonyl (C=O) groups is 3. The molecule has 7 heteroatoms. The summed E-state index contributed by atoms with van der Waals surface area (Å²) in [5.74, 6) is -0.264. The van der Waals surface area contributed by atoms with E-state index in [-0.39, 0.29) is 18.4 Å². The van der Waals surface area contributed by atoms with E-state index in [1.165, 1.54) is 11.8 Å². The normalized spacial score (nSPS) is 10.6. The average molecular weight is 375 g/mol. The lowest BCUT2D eigenvalue weighted by molar-refractivity contribution is -0.131. The van der Waals surface area contributed by atoms with E-state index >= 15 is 0 Å². The lowest BCUT2D eigenvalue weighted by Crippen LogP contribution is -2.46. The molecule has 1 atom stereocenters. The number of hydrogen-bond donors (Lipinski definition) is 2. The van der Waals surface area contributed by atoms with Gasteiger partial charge in [-0.05, 0) is 24.8 Å². The number of nitrogens with one attached hydrogen (secondary N) is 2. The van der Waals surface area contributed by atoms with Gasteiger partial charge in [-0.25, -0.2) is 4.79 Å². The second-order valence-electron chi connectivity index (χ2n) is 5.97. The van der Waals surface area contributed by atoms with Crippen molar-refractivity contribution in [3.63, 3.8) is 0 Å². The molecule has 7 nitrogen and oxygen atoms in total. The fraction of sp³-hybridized carbons (Fsp3) is 0.450. The third-order valence-corrected chi connectivity index (χ3v) is 3.54. The van der Waals surface area contributed by atoms with Crippen LogP contribution in [0.5, 0.6) is 0 Å². The Labute approximate surface area is 161 Å². The molecule has 2 N–H and O–H groups in total. The molecule has 1 aromatic carbocycles. The van der Waals surface area contributed by atoms with E-state index in [0.717, 1.165) is 12.0 Å². The Hall–Kier alpha value is -3.01. The molecule has 0 bridgehead atoms. The van der Waals surface area contributed by atoms with Crippen LogP contribution in [-0.2, 0) is 20.9 Å². The standard InChI is InChI=1S/C18H27N3O4.C2H2/c1-14(22)19-12-8-7-11-16(17(23)21(2)3)20-18(24)25-13-15-9-5-4-6-10-15;1-2/h4-6,9-10,16H,7-8,11-13H2,1-3H3,(H,19,22)(H,20,24);1-2H/t16-;/m0./s1. The minimum atomic E-state index is -0.643. The maximum atomic E-state index is 12.2. The first-order valence-electron chi connectivity index (χ1n) is 8.66. The van der Waals surface area contributed by atoms with Crippen LogP contribution in [0, 0.1) is 12.8 Å². The molecule has 27 heavy (non-hydrogen) atoms. The van der Waals surface area contributed by atoms with Gasteiger partial charge in [0, 0.05) is 27.6 Å². The van der Waals surface area contributed by atoms with E-state index in [1.54, 1.807) is 14.1 Å². The Morgan fingerprint density at radius 1 is 1.11 bits per heavy atom. The first kappa shape index (κ1) is 24.0. The van der Waals surface area contributed by atoms with Gasteiger partial charge in [-0.3, -0.25) is 9.59 Å². The van der Waals surface area contributed by atoms with Crippen molar-refractivity contribution in [3.05, 3.63) is 35.9 Å². The van der Waals surface area contributed by atoms with Crippen molar-refractivity contribution in [3.8, 4) is 12.8 Å². The summed E-state index contributed by atoms with van der Waals surface area (Å²) in [6, 6.07) is 8.69. The number of carbonyl (C=O) groups excluding carboxylic acids is 3. The zero-order valence-corrected chi connectivity index (χ0v) is 16.2. The highest BCUT2D eigenvalue weighted by Gasteiger charge is 2.22. The molecule has 1 rings (SSSR count). The fourth-order valence-electron chi connectivity index (χ4n) is 2.21. The van der Waals surface area contributed by atoms with E-state index in [9.17, 15) is 14.4 Å². The maximum absolute atomic E-state index is 12.2. The van der Waals surface area contributed by atoms with Crippen molar-refractivity contribution in [2.24, 2.45) is 0 Å².